The van der Waals surface area contributed by atoms with E-state index in [1.165, 1.54) is 0 Å². The van der Waals surface area contributed by atoms with Crippen molar-refractivity contribution in [1.29, 1.82) is 0 Å². The van der Waals surface area contributed by atoms with Crippen molar-refractivity contribution in [3.05, 3.63) is 0 Å². The second kappa shape index (κ2) is 3.79. The summed E-state index contributed by atoms with van der Waals surface area (Å²) < 4.78 is 5.21. The molecule has 0 heterocycles. The van der Waals surface area contributed by atoms with Gasteiger partial charge in [-0.25, -0.2) is 4.79 Å². The summed E-state index contributed by atoms with van der Waals surface area (Å²) >= 11 is 0. The van der Waals surface area contributed by atoms with Gasteiger partial charge in [-0.2, -0.15) is 0 Å². The van der Waals surface area contributed by atoms with Gasteiger partial charge in [-0.3, -0.25) is 0 Å². The van der Waals surface area contributed by atoms with Crippen LogP contribution >= 0.6 is 0 Å². The van der Waals surface area contributed by atoms with Gasteiger partial charge in [0.15, 0.2) is 0 Å². The number of ether oxygens (including phenoxy) is 1. The van der Waals surface area contributed by atoms with Crippen molar-refractivity contribution in [3.8, 4) is 0 Å². The molecule has 82 valence electrons. The van der Waals surface area contributed by atoms with Crippen molar-refractivity contribution >= 4 is 6.09 Å². The van der Waals surface area contributed by atoms with Crippen LogP contribution in [0.2, 0.25) is 0 Å². The number of nitrogens with one attached hydrogen (secondary N) is 1. The Labute approximate surface area is 86.2 Å². The van der Waals surface area contributed by atoms with Crippen LogP contribution in [0.5, 0.6) is 0 Å². The van der Waals surface area contributed by atoms with Crippen LogP contribution in [-0.2, 0) is 4.74 Å². The van der Waals surface area contributed by atoms with Gasteiger partial charge in [0, 0.05) is 5.54 Å². The van der Waals surface area contributed by atoms with Crippen LogP contribution in [0, 0.1) is 0 Å². The van der Waals surface area contributed by atoms with Crippen molar-refractivity contribution in [1.82, 2.24) is 5.32 Å². The largest absolute Gasteiger partial charge is 0.444 e. The zero-order valence-electron chi connectivity index (χ0n) is 9.64. The topological polar surface area (TPSA) is 38.3 Å². The van der Waals surface area contributed by atoms with Crippen molar-refractivity contribution in [3.63, 3.8) is 0 Å². The molecule has 1 aliphatic rings. The first-order valence-corrected chi connectivity index (χ1v) is 5.38. The maximum Gasteiger partial charge on any atom is 0.408 e. The molecule has 0 radical (unpaired) electrons. The normalized spacial score (nSPS) is 18.9. The van der Waals surface area contributed by atoms with E-state index in [0.29, 0.717) is 0 Å². The summed E-state index contributed by atoms with van der Waals surface area (Å²) in [4.78, 5) is 11.5. The summed E-state index contributed by atoms with van der Waals surface area (Å²) in [5.74, 6) is 0. The average molecular weight is 199 g/mol. The van der Waals surface area contributed by atoms with Gasteiger partial charge < -0.3 is 10.1 Å². The second-order valence-electron chi connectivity index (χ2n) is 5.16. The van der Waals surface area contributed by atoms with Gasteiger partial charge in [0.25, 0.3) is 0 Å². The third-order valence-electron chi connectivity index (χ3n) is 2.35. The van der Waals surface area contributed by atoms with E-state index in [0.717, 1.165) is 25.7 Å². The van der Waals surface area contributed by atoms with E-state index in [-0.39, 0.29) is 11.6 Å². The maximum absolute atomic E-state index is 11.5. The number of carbonyl (C=O) groups is 1. The number of carbonyl (C=O) groups excluding carboxylic acids is 1. The highest BCUT2D eigenvalue weighted by Gasteiger charge is 2.43. The molecule has 0 aromatic carbocycles. The molecule has 0 atom stereocenters. The van der Waals surface area contributed by atoms with Gasteiger partial charge in [0.2, 0.25) is 0 Å². The van der Waals surface area contributed by atoms with E-state index in [9.17, 15) is 4.79 Å². The highest BCUT2D eigenvalue weighted by molar-refractivity contribution is 5.69. The summed E-state index contributed by atoms with van der Waals surface area (Å²) in [6, 6.07) is 0. The minimum atomic E-state index is -0.396. The molecular weight excluding hydrogens is 178 g/mol. The lowest BCUT2D eigenvalue weighted by Gasteiger charge is -2.23. The lowest BCUT2D eigenvalue weighted by Crippen LogP contribution is -2.40. The Morgan fingerprint density at radius 3 is 2.36 bits per heavy atom. The van der Waals surface area contributed by atoms with Gasteiger partial charge in [0.05, 0.1) is 0 Å². The van der Waals surface area contributed by atoms with E-state index in [4.69, 9.17) is 4.74 Å². The van der Waals surface area contributed by atoms with E-state index < -0.39 is 5.60 Å². The molecule has 3 nitrogen and oxygen atoms in total. The SMILES string of the molecule is CCCC1(NC(=O)OC(C)(C)C)CC1. The summed E-state index contributed by atoms with van der Waals surface area (Å²) in [6.07, 6.45) is 4.09. The number of alkyl carbamates (subject to hydrolysis) is 1. The molecule has 1 saturated carbocycles. The Balaban J connectivity index is 2.34. The van der Waals surface area contributed by atoms with Gasteiger partial charge in [-0.05, 0) is 40.0 Å². The summed E-state index contributed by atoms with van der Waals surface area (Å²) in [6.45, 7) is 7.78. The highest BCUT2D eigenvalue weighted by Crippen LogP contribution is 2.39. The number of hydrogen-bond donors (Lipinski definition) is 1. The Kier molecular flexibility index (Phi) is 3.07. The highest BCUT2D eigenvalue weighted by atomic mass is 16.6. The number of rotatable bonds is 3. The van der Waals surface area contributed by atoms with Crippen LogP contribution in [0.1, 0.15) is 53.4 Å². The molecule has 1 fully saturated rings. The summed E-state index contributed by atoms with van der Waals surface area (Å²) in [5, 5.41) is 2.96. The van der Waals surface area contributed by atoms with Gasteiger partial charge in [0.1, 0.15) is 5.60 Å². The van der Waals surface area contributed by atoms with Gasteiger partial charge in [-0.1, -0.05) is 13.3 Å². The Bertz CT molecular complexity index is 214. The predicted octanol–water partition coefficient (Wildman–Crippen LogP) is 2.84. The zero-order chi connectivity index (χ0) is 10.8. The molecule has 0 aromatic rings. The third kappa shape index (κ3) is 3.56. The average Bonchev–Trinajstić information content (AvgIpc) is 2.64. The molecule has 0 bridgehead atoms. The molecule has 0 spiro atoms. The predicted molar refractivity (Wildman–Crippen MR) is 56.2 cm³/mol. The number of hydrogen-bond acceptors (Lipinski definition) is 2. The number of amides is 1. The molecule has 0 saturated heterocycles. The van der Waals surface area contributed by atoms with Crippen molar-refractivity contribution in [2.75, 3.05) is 0 Å². The van der Waals surface area contributed by atoms with Gasteiger partial charge in [-0.15, -0.1) is 0 Å². The lowest BCUT2D eigenvalue weighted by atomic mass is 10.1. The first-order chi connectivity index (χ1) is 6.37. The smallest absolute Gasteiger partial charge is 0.408 e. The van der Waals surface area contributed by atoms with Crippen LogP contribution in [0.25, 0.3) is 0 Å². The monoisotopic (exact) mass is 199 g/mol. The maximum atomic E-state index is 11.5. The van der Waals surface area contributed by atoms with Crippen LogP contribution in [0.3, 0.4) is 0 Å². The minimum absolute atomic E-state index is 0.0666. The molecule has 1 rings (SSSR count). The molecule has 0 aromatic heterocycles. The molecule has 0 unspecified atom stereocenters. The van der Waals surface area contributed by atoms with Crippen LogP contribution in [0.15, 0.2) is 0 Å². The molecule has 14 heavy (non-hydrogen) atoms. The minimum Gasteiger partial charge on any atom is -0.444 e. The zero-order valence-corrected chi connectivity index (χ0v) is 9.64. The summed E-state index contributed by atoms with van der Waals surface area (Å²) in [5.41, 5.74) is -0.330. The molecular formula is C11H21NO2. The molecule has 1 amide bonds. The van der Waals surface area contributed by atoms with E-state index in [2.05, 4.69) is 12.2 Å². The fourth-order valence-corrected chi connectivity index (χ4v) is 1.59. The van der Waals surface area contributed by atoms with E-state index in [1.807, 2.05) is 20.8 Å². The lowest BCUT2D eigenvalue weighted by molar-refractivity contribution is 0.0493. The first-order valence-electron chi connectivity index (χ1n) is 5.38. The Morgan fingerprint density at radius 2 is 2.00 bits per heavy atom. The van der Waals surface area contributed by atoms with Crippen LogP contribution < -0.4 is 5.32 Å². The second-order valence-corrected chi connectivity index (χ2v) is 5.16. The first kappa shape index (κ1) is 11.3. The van der Waals surface area contributed by atoms with E-state index >= 15 is 0 Å². The van der Waals surface area contributed by atoms with Crippen molar-refractivity contribution < 1.29 is 9.53 Å². The standard InChI is InChI=1S/C11H21NO2/c1-5-6-11(7-8-11)12-9(13)14-10(2,3)4/h5-8H2,1-4H3,(H,12,13). The Morgan fingerprint density at radius 1 is 1.43 bits per heavy atom. The fraction of sp³-hybridized carbons (Fsp3) is 0.909. The quantitative estimate of drug-likeness (QED) is 0.759. The van der Waals surface area contributed by atoms with Gasteiger partial charge >= 0.3 is 6.09 Å². The molecule has 1 aliphatic carbocycles. The fourth-order valence-electron chi connectivity index (χ4n) is 1.59. The molecule has 1 N–H and O–H groups in total. The van der Waals surface area contributed by atoms with Crippen molar-refractivity contribution in [2.45, 2.75) is 64.5 Å². The molecule has 3 heteroatoms. The van der Waals surface area contributed by atoms with Crippen LogP contribution in [-0.4, -0.2) is 17.2 Å². The third-order valence-corrected chi connectivity index (χ3v) is 2.35. The molecule has 0 aliphatic heterocycles. The van der Waals surface area contributed by atoms with Crippen LogP contribution in [0.4, 0.5) is 4.79 Å². The van der Waals surface area contributed by atoms with E-state index in [1.54, 1.807) is 0 Å². The summed E-state index contributed by atoms with van der Waals surface area (Å²) in [7, 11) is 0. The Hall–Kier alpha value is -0.730. The van der Waals surface area contributed by atoms with Crippen molar-refractivity contribution in [2.24, 2.45) is 0 Å².